The van der Waals surface area contributed by atoms with Gasteiger partial charge in [0.25, 0.3) is 0 Å². The minimum atomic E-state index is -0.962. The topological polar surface area (TPSA) is 165 Å². The number of piperidine rings is 3. The number of rotatable bonds is 12. The number of carbonyl (C=O) groups excluding carboxylic acids is 2. The number of nitrogens with zero attached hydrogens (tertiary/aromatic N) is 9. The maximum absolute atomic E-state index is 17.1. The minimum absolute atomic E-state index is 0.0165. The molecule has 17 heteroatoms. The Kier molecular flexibility index (Phi) is 12.1. The number of phenols is 1. The third kappa shape index (κ3) is 9.00. The van der Waals surface area contributed by atoms with Crippen LogP contribution in [0.2, 0.25) is 0 Å². The lowest BCUT2D eigenvalue weighted by atomic mass is 9.93. The number of aromatic nitrogens is 5. The Hall–Kier alpha value is -6.04. The second kappa shape index (κ2) is 18.3. The molecule has 3 aromatic carbocycles. The van der Waals surface area contributed by atoms with Gasteiger partial charge in [-0.05, 0) is 130 Å². The zero-order valence-corrected chi connectivity index (χ0v) is 40.3. The van der Waals surface area contributed by atoms with Crippen LogP contribution in [0.4, 0.5) is 20.3 Å². The number of hydrogen-bond acceptors (Lipinski definition) is 13. The Morgan fingerprint density at radius 2 is 1.70 bits per heavy atom. The highest BCUT2D eigenvalue weighted by molar-refractivity contribution is 6.03. The number of nitrogens with one attached hydrogen (secondary N) is 1. The fourth-order valence-corrected chi connectivity index (χ4v) is 11.7. The van der Waals surface area contributed by atoms with E-state index in [2.05, 4.69) is 43.2 Å². The summed E-state index contributed by atoms with van der Waals surface area (Å²) in [4.78, 5) is 48.1. The number of β-amino-alcohol motifs (C(OH)–C–C–N with tert-alkyl or cyclic N) is 1. The highest BCUT2D eigenvalue weighted by Crippen LogP contribution is 2.47. The number of amides is 2. The van der Waals surface area contributed by atoms with E-state index in [-0.39, 0.29) is 45.8 Å². The molecule has 1 saturated carbocycles. The van der Waals surface area contributed by atoms with Crippen molar-refractivity contribution in [1.29, 1.82) is 0 Å². The van der Waals surface area contributed by atoms with E-state index >= 15 is 8.78 Å². The molecule has 4 aliphatic heterocycles. The first-order valence-electron chi connectivity index (χ1n) is 25.1. The molecule has 0 radical (unpaired) electrons. The van der Waals surface area contributed by atoms with Crippen LogP contribution in [0.1, 0.15) is 82.4 Å². The van der Waals surface area contributed by atoms with Crippen molar-refractivity contribution >= 4 is 55.9 Å². The number of pyridine rings is 1. The third-order valence-electron chi connectivity index (χ3n) is 15.8. The number of imide groups is 1. The molecule has 3 aromatic heterocycles. The first-order chi connectivity index (χ1) is 33.7. The van der Waals surface area contributed by atoms with Crippen LogP contribution in [0.25, 0.3) is 43.8 Å². The number of halogens is 2. The number of aliphatic hydroxyl groups is 1. The summed E-state index contributed by atoms with van der Waals surface area (Å²) in [5, 5.41) is 31.4. The van der Waals surface area contributed by atoms with E-state index in [1.165, 1.54) is 18.3 Å². The van der Waals surface area contributed by atoms with E-state index < -0.39 is 23.2 Å². The number of carbonyl (C=O) groups is 2. The zero-order chi connectivity index (χ0) is 48.5. The molecule has 0 spiro atoms. The number of aryl methyl sites for hydroxylation is 2. The van der Waals surface area contributed by atoms with E-state index in [9.17, 15) is 19.8 Å². The molecule has 11 rings (SSSR count). The number of fused-ring (bicyclic) bond motifs is 3. The Bertz CT molecular complexity index is 3010. The number of ether oxygens (including phenoxy) is 1. The van der Waals surface area contributed by atoms with Crippen LogP contribution in [0, 0.1) is 23.0 Å². The lowest BCUT2D eigenvalue weighted by Gasteiger charge is -2.40. The summed E-state index contributed by atoms with van der Waals surface area (Å²) in [5.41, 5.74) is 2.51. The van der Waals surface area contributed by atoms with Gasteiger partial charge in [0.05, 0.1) is 34.7 Å². The summed E-state index contributed by atoms with van der Waals surface area (Å²) in [7, 11) is 1.91. The van der Waals surface area contributed by atoms with Gasteiger partial charge in [-0.15, -0.1) is 0 Å². The van der Waals surface area contributed by atoms with Crippen molar-refractivity contribution in [1.82, 2.24) is 39.8 Å². The summed E-state index contributed by atoms with van der Waals surface area (Å²) >= 11 is 0. The van der Waals surface area contributed by atoms with Crippen LogP contribution in [0.15, 0.2) is 48.7 Å². The molecule has 5 aliphatic rings. The van der Waals surface area contributed by atoms with E-state index in [0.29, 0.717) is 78.8 Å². The van der Waals surface area contributed by atoms with E-state index in [0.717, 1.165) is 107 Å². The maximum Gasteiger partial charge on any atom is 0.319 e. The first-order valence-corrected chi connectivity index (χ1v) is 25.1. The van der Waals surface area contributed by atoms with Gasteiger partial charge >= 0.3 is 6.01 Å². The van der Waals surface area contributed by atoms with E-state index in [1.54, 1.807) is 19.1 Å². The number of aromatic hydroxyl groups is 1. The molecule has 1 unspecified atom stereocenters. The van der Waals surface area contributed by atoms with Crippen molar-refractivity contribution in [2.45, 2.75) is 83.2 Å². The fourth-order valence-electron chi connectivity index (χ4n) is 11.7. The molecule has 6 aromatic rings. The van der Waals surface area contributed by atoms with Gasteiger partial charge in [0, 0.05) is 94.1 Å². The summed E-state index contributed by atoms with van der Waals surface area (Å²) in [6, 6.07) is 12.4. The summed E-state index contributed by atoms with van der Waals surface area (Å²) < 4.78 is 40.6. The molecular formula is C53H62F2N10O5. The van der Waals surface area contributed by atoms with Crippen LogP contribution in [-0.2, 0) is 23.1 Å². The smallest absolute Gasteiger partial charge is 0.319 e. The first kappa shape index (κ1) is 46.3. The second-order valence-electron chi connectivity index (χ2n) is 21.0. The largest absolute Gasteiger partial charge is 0.508 e. The second-order valence-corrected chi connectivity index (χ2v) is 21.0. The predicted molar refractivity (Wildman–Crippen MR) is 264 cm³/mol. The van der Waals surface area contributed by atoms with Crippen molar-refractivity contribution in [2.24, 2.45) is 18.4 Å². The van der Waals surface area contributed by atoms with Crippen LogP contribution in [-0.4, -0.2) is 134 Å². The number of likely N-dealkylation sites (tertiary alicyclic amines) is 1. The minimum Gasteiger partial charge on any atom is -0.508 e. The van der Waals surface area contributed by atoms with Gasteiger partial charge in [-0.3, -0.25) is 29.5 Å². The molecule has 0 bridgehead atoms. The Labute approximate surface area is 405 Å². The predicted octanol–water partition coefficient (Wildman–Crippen LogP) is 6.84. The SMILES string of the molecule is CCc1c(F)ccc2cc(O)cc(-c3ncc4c(N5CCC[C@@](C)(O)C5)nc(OCC5(CN6CCC(CN7CCN(c8ccc9c(C%10CCC(=O)NC%10=O)nn(C)c9c8)CC7)CC6)CC5)nc4c3F)c12. The van der Waals surface area contributed by atoms with Crippen LogP contribution in [0.5, 0.6) is 11.8 Å². The standard InChI is InChI=1S/C53H62F2N10O5/c1-4-36-41(54)10-6-33-24-35(66)26-39(44(33)36)47-45(55)48-40(27-56-47)49(65-17-5-14-52(2,69)29-65)59-51(58-48)70-31-53(15-16-53)30-63-18-12-32(13-19-63)28-62-20-22-64(23-21-62)34-7-8-37-42(25-34)61(3)60-46(37)38-9-11-43(67)57-50(38)68/h6-8,10,24-27,32,38,66,69H,4-5,9,11-23,28-31H2,1-3H3,(H,57,67,68)/t38?,52-/m1/s1. The van der Waals surface area contributed by atoms with Gasteiger partial charge < -0.3 is 29.6 Å². The number of benzene rings is 3. The van der Waals surface area contributed by atoms with Gasteiger partial charge in [-0.2, -0.15) is 15.1 Å². The van der Waals surface area contributed by atoms with Crippen LogP contribution >= 0.6 is 0 Å². The highest BCUT2D eigenvalue weighted by Gasteiger charge is 2.46. The van der Waals surface area contributed by atoms with Gasteiger partial charge in [0.15, 0.2) is 5.82 Å². The average Bonchev–Trinajstić information content (AvgIpc) is 4.04. The molecule has 1 aliphatic carbocycles. The van der Waals surface area contributed by atoms with Gasteiger partial charge in [0.1, 0.15) is 28.6 Å². The lowest BCUT2D eigenvalue weighted by molar-refractivity contribution is -0.134. The third-order valence-corrected chi connectivity index (χ3v) is 15.8. The van der Waals surface area contributed by atoms with Gasteiger partial charge in [-0.1, -0.05) is 13.0 Å². The van der Waals surface area contributed by atoms with Crippen LogP contribution < -0.4 is 19.9 Å². The molecule has 7 heterocycles. The van der Waals surface area contributed by atoms with E-state index in [4.69, 9.17) is 19.8 Å². The van der Waals surface area contributed by atoms with E-state index in [1.807, 2.05) is 23.6 Å². The molecule has 15 nitrogen and oxygen atoms in total. The number of hydrogen-bond donors (Lipinski definition) is 3. The monoisotopic (exact) mass is 956 g/mol. The van der Waals surface area contributed by atoms with Gasteiger partial charge in [-0.25, -0.2) is 8.78 Å². The summed E-state index contributed by atoms with van der Waals surface area (Å²) in [5.74, 6) is -1.05. The van der Waals surface area contributed by atoms with Gasteiger partial charge in [0.2, 0.25) is 11.8 Å². The Morgan fingerprint density at radius 3 is 2.44 bits per heavy atom. The number of phenolic OH excluding ortho intramolecular Hbond substituents is 1. The normalized spacial score (nSPS) is 22.6. The Morgan fingerprint density at radius 1 is 0.900 bits per heavy atom. The quantitative estimate of drug-likeness (QED) is 0.109. The number of anilines is 2. The Balaban J connectivity index is 0.733. The fraction of sp³-hybridized carbons (Fsp3) is 0.509. The molecule has 5 fully saturated rings. The molecule has 4 saturated heterocycles. The molecule has 70 heavy (non-hydrogen) atoms. The molecule has 368 valence electrons. The molecule has 3 N–H and O–H groups in total. The average molecular weight is 957 g/mol. The molecule has 2 amide bonds. The molecule has 2 atom stereocenters. The maximum atomic E-state index is 17.1. The van der Waals surface area contributed by atoms with Crippen molar-refractivity contribution in [2.75, 3.05) is 81.9 Å². The molecular weight excluding hydrogens is 895 g/mol. The summed E-state index contributed by atoms with van der Waals surface area (Å²) in [6.45, 7) is 12.9. The van der Waals surface area contributed by atoms with Crippen molar-refractivity contribution in [3.05, 3.63) is 71.6 Å². The van der Waals surface area contributed by atoms with Crippen molar-refractivity contribution < 1.29 is 33.3 Å². The highest BCUT2D eigenvalue weighted by atomic mass is 19.1. The number of piperazine rings is 1. The van der Waals surface area contributed by atoms with Crippen molar-refractivity contribution in [3.63, 3.8) is 0 Å². The zero-order valence-electron chi connectivity index (χ0n) is 40.3. The van der Waals surface area contributed by atoms with Crippen molar-refractivity contribution in [3.8, 4) is 23.0 Å². The lowest BCUT2D eigenvalue weighted by Crippen LogP contribution is -2.49. The van der Waals surface area contributed by atoms with Crippen LogP contribution in [0.3, 0.4) is 0 Å². The summed E-state index contributed by atoms with van der Waals surface area (Å²) in [6.07, 6.45) is 8.37.